The second kappa shape index (κ2) is 7.74. The number of carbonyl (C=O) groups is 1. The molecule has 0 atom stereocenters. The number of amides is 1. The molecule has 0 spiro atoms. The van der Waals surface area contributed by atoms with Gasteiger partial charge in [-0.2, -0.15) is 0 Å². The Labute approximate surface area is 132 Å². The molecular formula is C16H24N2O3S. The van der Waals surface area contributed by atoms with Crippen LogP contribution < -0.4 is 10.0 Å². The second-order valence-electron chi connectivity index (χ2n) is 5.74. The van der Waals surface area contributed by atoms with Crippen molar-refractivity contribution in [2.45, 2.75) is 43.9 Å². The number of benzene rings is 1. The number of sulfonamides is 1. The van der Waals surface area contributed by atoms with Gasteiger partial charge in [0, 0.05) is 18.7 Å². The minimum Gasteiger partial charge on any atom is -0.352 e. The van der Waals surface area contributed by atoms with Gasteiger partial charge in [0.15, 0.2) is 0 Å². The van der Waals surface area contributed by atoms with Gasteiger partial charge in [0.1, 0.15) is 0 Å². The summed E-state index contributed by atoms with van der Waals surface area (Å²) in [5, 5.41) is 2.93. The van der Waals surface area contributed by atoms with E-state index < -0.39 is 10.0 Å². The molecule has 1 aromatic rings. The summed E-state index contributed by atoms with van der Waals surface area (Å²) in [6.07, 6.45) is 6.08. The van der Waals surface area contributed by atoms with Crippen molar-refractivity contribution >= 4 is 15.9 Å². The molecule has 0 heterocycles. The van der Waals surface area contributed by atoms with Crippen LogP contribution in [0.15, 0.2) is 29.2 Å². The first-order valence-electron chi connectivity index (χ1n) is 7.91. The molecule has 2 N–H and O–H groups in total. The Kier molecular flexibility index (Phi) is 5.97. The van der Waals surface area contributed by atoms with Gasteiger partial charge in [-0.25, -0.2) is 13.1 Å². The maximum atomic E-state index is 12.2. The van der Waals surface area contributed by atoms with Gasteiger partial charge < -0.3 is 5.32 Å². The predicted octanol–water partition coefficient (Wildman–Crippen LogP) is 2.29. The molecule has 22 heavy (non-hydrogen) atoms. The van der Waals surface area contributed by atoms with Crippen molar-refractivity contribution in [1.29, 1.82) is 0 Å². The first-order chi connectivity index (χ1) is 10.5. The van der Waals surface area contributed by atoms with Crippen LogP contribution in [0.3, 0.4) is 0 Å². The fourth-order valence-corrected chi connectivity index (χ4v) is 3.89. The molecule has 1 fully saturated rings. The van der Waals surface area contributed by atoms with Crippen molar-refractivity contribution in [2.24, 2.45) is 5.92 Å². The lowest BCUT2D eigenvalue weighted by molar-refractivity contribution is 0.0943. The van der Waals surface area contributed by atoms with Crippen LogP contribution in [0.4, 0.5) is 0 Å². The quantitative estimate of drug-likeness (QED) is 0.843. The molecule has 2 rings (SSSR count). The Hall–Kier alpha value is -1.40. The average molecular weight is 324 g/mol. The molecular weight excluding hydrogens is 300 g/mol. The van der Waals surface area contributed by atoms with E-state index in [0.717, 1.165) is 12.8 Å². The zero-order chi connectivity index (χ0) is 16.0. The molecule has 0 bridgehead atoms. The van der Waals surface area contributed by atoms with Crippen molar-refractivity contribution in [3.05, 3.63) is 29.8 Å². The molecule has 122 valence electrons. The van der Waals surface area contributed by atoms with Crippen LogP contribution in [-0.4, -0.2) is 27.4 Å². The largest absolute Gasteiger partial charge is 0.352 e. The molecule has 0 aromatic heterocycles. The van der Waals surface area contributed by atoms with Crippen LogP contribution in [0, 0.1) is 5.92 Å². The van der Waals surface area contributed by atoms with E-state index in [4.69, 9.17) is 0 Å². The average Bonchev–Trinajstić information content (AvgIpc) is 2.53. The van der Waals surface area contributed by atoms with Gasteiger partial charge in [0.05, 0.1) is 4.90 Å². The minimum atomic E-state index is -3.53. The van der Waals surface area contributed by atoms with Crippen LogP contribution in [0.5, 0.6) is 0 Å². The van der Waals surface area contributed by atoms with E-state index in [2.05, 4.69) is 10.0 Å². The lowest BCUT2D eigenvalue weighted by Gasteiger charge is -2.21. The smallest absolute Gasteiger partial charge is 0.251 e. The predicted molar refractivity (Wildman–Crippen MR) is 86.2 cm³/mol. The highest BCUT2D eigenvalue weighted by Crippen LogP contribution is 2.22. The van der Waals surface area contributed by atoms with E-state index >= 15 is 0 Å². The summed E-state index contributed by atoms with van der Waals surface area (Å²) in [6, 6.07) is 6.16. The van der Waals surface area contributed by atoms with Gasteiger partial charge in [-0.1, -0.05) is 32.3 Å². The third-order valence-electron chi connectivity index (χ3n) is 4.02. The highest BCUT2D eigenvalue weighted by Gasteiger charge is 2.17. The van der Waals surface area contributed by atoms with Crippen molar-refractivity contribution in [3.63, 3.8) is 0 Å². The minimum absolute atomic E-state index is 0.125. The van der Waals surface area contributed by atoms with Crippen molar-refractivity contribution in [2.75, 3.05) is 13.1 Å². The standard InChI is InChI=1S/C16H24N2O3S/c1-2-18-22(20,21)15-10-6-9-14(11-15)16(19)17-12-13-7-4-3-5-8-13/h6,9-11,13,18H,2-5,7-8,12H2,1H3,(H,17,19). The second-order valence-corrected chi connectivity index (χ2v) is 7.51. The van der Waals surface area contributed by atoms with E-state index in [1.54, 1.807) is 19.1 Å². The zero-order valence-electron chi connectivity index (χ0n) is 13.0. The normalized spacial score (nSPS) is 16.4. The molecule has 6 heteroatoms. The summed E-state index contributed by atoms with van der Waals surface area (Å²) in [5.74, 6) is 0.338. The van der Waals surface area contributed by atoms with Crippen molar-refractivity contribution < 1.29 is 13.2 Å². The van der Waals surface area contributed by atoms with Gasteiger partial charge in [-0.15, -0.1) is 0 Å². The van der Waals surface area contributed by atoms with Gasteiger partial charge in [0.25, 0.3) is 5.91 Å². The number of rotatable bonds is 6. The third-order valence-corrected chi connectivity index (χ3v) is 5.56. The van der Waals surface area contributed by atoms with Gasteiger partial charge in [-0.05, 0) is 37.0 Å². The summed E-state index contributed by atoms with van der Waals surface area (Å²) in [7, 11) is -3.53. The molecule has 1 amide bonds. The van der Waals surface area contributed by atoms with E-state index in [-0.39, 0.29) is 10.8 Å². The van der Waals surface area contributed by atoms with E-state index in [0.29, 0.717) is 24.6 Å². The maximum Gasteiger partial charge on any atom is 0.251 e. The molecule has 0 saturated heterocycles. The highest BCUT2D eigenvalue weighted by molar-refractivity contribution is 7.89. The summed E-state index contributed by atoms with van der Waals surface area (Å²) >= 11 is 0. The van der Waals surface area contributed by atoms with Gasteiger partial charge in [0.2, 0.25) is 10.0 Å². The number of nitrogens with one attached hydrogen (secondary N) is 2. The van der Waals surface area contributed by atoms with Crippen LogP contribution in [0.25, 0.3) is 0 Å². The van der Waals surface area contributed by atoms with E-state index in [1.165, 1.54) is 31.4 Å². The molecule has 1 aromatic carbocycles. The molecule has 5 nitrogen and oxygen atoms in total. The topological polar surface area (TPSA) is 75.3 Å². The SMILES string of the molecule is CCNS(=O)(=O)c1cccc(C(=O)NCC2CCCCC2)c1. The zero-order valence-corrected chi connectivity index (χ0v) is 13.8. The molecule has 0 radical (unpaired) electrons. The Morgan fingerprint density at radius 2 is 1.95 bits per heavy atom. The van der Waals surface area contributed by atoms with Crippen LogP contribution in [0.2, 0.25) is 0 Å². The molecule has 1 saturated carbocycles. The highest BCUT2D eigenvalue weighted by atomic mass is 32.2. The number of hydrogen-bond donors (Lipinski definition) is 2. The van der Waals surface area contributed by atoms with Crippen LogP contribution >= 0.6 is 0 Å². The van der Waals surface area contributed by atoms with Crippen LogP contribution in [0.1, 0.15) is 49.4 Å². The van der Waals surface area contributed by atoms with Gasteiger partial charge in [-0.3, -0.25) is 4.79 Å². The summed E-state index contributed by atoms with van der Waals surface area (Å²) in [5.41, 5.74) is 0.384. The fraction of sp³-hybridized carbons (Fsp3) is 0.562. The maximum absolute atomic E-state index is 12.2. The van der Waals surface area contributed by atoms with Crippen molar-refractivity contribution in [3.8, 4) is 0 Å². The van der Waals surface area contributed by atoms with Gasteiger partial charge >= 0.3 is 0 Å². The summed E-state index contributed by atoms with van der Waals surface area (Å²) < 4.78 is 26.4. The first-order valence-corrected chi connectivity index (χ1v) is 9.39. The lowest BCUT2D eigenvalue weighted by atomic mass is 9.89. The van der Waals surface area contributed by atoms with Crippen molar-refractivity contribution in [1.82, 2.24) is 10.0 Å². The molecule has 1 aliphatic carbocycles. The molecule has 1 aliphatic rings. The number of carbonyl (C=O) groups excluding carboxylic acids is 1. The Morgan fingerprint density at radius 3 is 2.64 bits per heavy atom. The summed E-state index contributed by atoms with van der Waals surface area (Å²) in [6.45, 7) is 2.71. The fourth-order valence-electron chi connectivity index (χ4n) is 2.81. The Bertz CT molecular complexity index is 608. The van der Waals surface area contributed by atoms with E-state index in [9.17, 15) is 13.2 Å². The third kappa shape index (κ3) is 4.55. The first kappa shape index (κ1) is 17.0. The Morgan fingerprint density at radius 1 is 1.23 bits per heavy atom. The molecule has 0 unspecified atom stereocenters. The lowest BCUT2D eigenvalue weighted by Crippen LogP contribution is -2.30. The van der Waals surface area contributed by atoms with Crippen LogP contribution in [-0.2, 0) is 10.0 Å². The summed E-state index contributed by atoms with van der Waals surface area (Å²) in [4.78, 5) is 12.3. The van der Waals surface area contributed by atoms with E-state index in [1.807, 2.05) is 0 Å². The monoisotopic (exact) mass is 324 g/mol. The molecule has 0 aliphatic heterocycles. The Balaban J connectivity index is 2.00. The number of hydrogen-bond acceptors (Lipinski definition) is 3.